The zero-order valence-electron chi connectivity index (χ0n) is 20.7. The van der Waals surface area contributed by atoms with E-state index >= 15 is 0 Å². The summed E-state index contributed by atoms with van der Waals surface area (Å²) in [6, 6.07) is 13.6. The average Bonchev–Trinajstić information content (AvgIpc) is 3.16. The first-order valence-corrected chi connectivity index (χ1v) is 12.4. The van der Waals surface area contributed by atoms with E-state index in [0.29, 0.717) is 44.4 Å². The van der Waals surface area contributed by atoms with Crippen LogP contribution >= 0.6 is 0 Å². The number of ether oxygens (including phenoxy) is 2. The van der Waals surface area contributed by atoms with Gasteiger partial charge in [0.1, 0.15) is 0 Å². The van der Waals surface area contributed by atoms with Gasteiger partial charge in [0.25, 0.3) is 0 Å². The van der Waals surface area contributed by atoms with Gasteiger partial charge < -0.3 is 14.8 Å². The number of carbonyl (C=O) groups excluding carboxylic acids is 1. The van der Waals surface area contributed by atoms with Crippen molar-refractivity contribution in [2.24, 2.45) is 0 Å². The Kier molecular flexibility index (Phi) is 8.73. The fraction of sp³-hybridized carbons (Fsp3) is 0.444. The van der Waals surface area contributed by atoms with Crippen LogP contribution in [0.25, 0.3) is 0 Å². The van der Waals surface area contributed by atoms with Crippen LogP contribution in [0.1, 0.15) is 42.6 Å². The minimum absolute atomic E-state index is 0.0118. The Balaban J connectivity index is 1.43. The molecule has 0 aliphatic carbocycles. The molecule has 0 spiro atoms. The van der Waals surface area contributed by atoms with Crippen molar-refractivity contribution in [2.75, 3.05) is 26.2 Å². The Labute approximate surface area is 207 Å². The molecule has 2 aromatic heterocycles. The Morgan fingerprint density at radius 2 is 1.89 bits per heavy atom. The second-order valence-electron chi connectivity index (χ2n) is 8.99. The molecule has 3 aromatic rings. The zero-order valence-corrected chi connectivity index (χ0v) is 20.7. The van der Waals surface area contributed by atoms with Gasteiger partial charge in [-0.2, -0.15) is 5.10 Å². The van der Waals surface area contributed by atoms with Crippen LogP contribution in [0.2, 0.25) is 0 Å². The summed E-state index contributed by atoms with van der Waals surface area (Å²) >= 11 is 0. The van der Waals surface area contributed by atoms with E-state index in [1.807, 2.05) is 61.0 Å². The number of amides is 1. The highest BCUT2D eigenvalue weighted by atomic mass is 16.5. The molecule has 8 nitrogen and oxygen atoms in total. The molecule has 0 radical (unpaired) electrons. The molecule has 1 aliphatic rings. The van der Waals surface area contributed by atoms with Gasteiger partial charge in [-0.15, -0.1) is 0 Å². The van der Waals surface area contributed by atoms with E-state index in [1.54, 1.807) is 6.20 Å². The van der Waals surface area contributed by atoms with Gasteiger partial charge in [-0.1, -0.05) is 31.0 Å². The highest BCUT2D eigenvalue weighted by Crippen LogP contribution is 2.32. The number of benzene rings is 1. The number of carbonyl (C=O) groups is 1. The fourth-order valence-electron chi connectivity index (χ4n) is 4.28. The topological polar surface area (TPSA) is 81.5 Å². The number of nitrogens with one attached hydrogen (secondary N) is 1. The van der Waals surface area contributed by atoms with Gasteiger partial charge in [-0.3, -0.25) is 14.4 Å². The first-order valence-electron chi connectivity index (χ1n) is 12.4. The monoisotopic (exact) mass is 477 g/mol. The molecule has 0 fully saturated rings. The molecule has 8 heteroatoms. The van der Waals surface area contributed by atoms with Gasteiger partial charge >= 0.3 is 0 Å². The van der Waals surface area contributed by atoms with Crippen LogP contribution in [-0.2, 0) is 17.9 Å². The van der Waals surface area contributed by atoms with E-state index in [4.69, 9.17) is 9.47 Å². The molecule has 1 amide bonds. The van der Waals surface area contributed by atoms with Crippen LogP contribution in [0.4, 0.5) is 0 Å². The van der Waals surface area contributed by atoms with Gasteiger partial charge in [0.15, 0.2) is 11.5 Å². The summed E-state index contributed by atoms with van der Waals surface area (Å²) in [7, 11) is 0. The molecule has 0 bridgehead atoms. The van der Waals surface area contributed by atoms with Crippen molar-refractivity contribution in [3.63, 3.8) is 0 Å². The maximum absolute atomic E-state index is 12.8. The molecular formula is C27H35N5O3. The van der Waals surface area contributed by atoms with Gasteiger partial charge in [-0.05, 0) is 57.5 Å². The molecular weight excluding hydrogens is 442 g/mol. The lowest BCUT2D eigenvalue weighted by Crippen LogP contribution is -2.38. The van der Waals surface area contributed by atoms with Gasteiger partial charge in [0, 0.05) is 30.5 Å². The van der Waals surface area contributed by atoms with Crippen molar-refractivity contribution in [1.82, 2.24) is 25.0 Å². The molecule has 3 heterocycles. The average molecular weight is 478 g/mol. The molecule has 0 saturated heterocycles. The summed E-state index contributed by atoms with van der Waals surface area (Å²) in [5, 5.41) is 7.51. The number of para-hydroxylation sites is 2. The predicted molar refractivity (Wildman–Crippen MR) is 135 cm³/mol. The first-order chi connectivity index (χ1) is 17.1. The Morgan fingerprint density at radius 1 is 1.06 bits per heavy atom. The quantitative estimate of drug-likeness (QED) is 0.591. The second-order valence-corrected chi connectivity index (χ2v) is 8.99. The summed E-state index contributed by atoms with van der Waals surface area (Å²) in [6.07, 6.45) is 5.91. The van der Waals surface area contributed by atoms with E-state index in [9.17, 15) is 4.79 Å². The van der Waals surface area contributed by atoms with Crippen molar-refractivity contribution in [1.29, 1.82) is 0 Å². The van der Waals surface area contributed by atoms with E-state index in [-0.39, 0.29) is 5.91 Å². The van der Waals surface area contributed by atoms with Gasteiger partial charge in [0.05, 0.1) is 25.4 Å². The van der Waals surface area contributed by atoms with Crippen molar-refractivity contribution < 1.29 is 14.3 Å². The number of fused-ring (bicyclic) bond motifs is 2. The molecule has 1 aliphatic heterocycles. The highest BCUT2D eigenvalue weighted by molar-refractivity contribution is 5.78. The standard InChI is InChI=1S/C27H35N5O3/c1-21-18-22(2)32(30-21)16-14-28-26(33)20-31-15-7-3-4-8-17-34-24-11-5-6-12-25(24)35-27-23(19-31)10-9-13-29-27/h5-6,9-13,18H,3-4,7-8,14-17,19-20H2,1-2H3,(H,28,33). The molecule has 0 unspecified atom stereocenters. The lowest BCUT2D eigenvalue weighted by atomic mass is 10.1. The Hall–Kier alpha value is -3.39. The van der Waals surface area contributed by atoms with E-state index in [0.717, 1.165) is 54.9 Å². The molecule has 35 heavy (non-hydrogen) atoms. The van der Waals surface area contributed by atoms with E-state index < -0.39 is 0 Å². The summed E-state index contributed by atoms with van der Waals surface area (Å²) < 4.78 is 14.1. The van der Waals surface area contributed by atoms with Gasteiger partial charge in [-0.25, -0.2) is 4.98 Å². The van der Waals surface area contributed by atoms with E-state index in [2.05, 4.69) is 20.3 Å². The molecule has 0 saturated carbocycles. The lowest BCUT2D eigenvalue weighted by Gasteiger charge is -2.23. The maximum Gasteiger partial charge on any atom is 0.234 e. The predicted octanol–water partition coefficient (Wildman–Crippen LogP) is 4.26. The van der Waals surface area contributed by atoms with Crippen LogP contribution in [-0.4, -0.2) is 51.8 Å². The van der Waals surface area contributed by atoms with Crippen LogP contribution in [0.5, 0.6) is 17.4 Å². The number of hydrogen-bond donors (Lipinski definition) is 1. The van der Waals surface area contributed by atoms with E-state index in [1.165, 1.54) is 0 Å². The summed E-state index contributed by atoms with van der Waals surface area (Å²) in [4.78, 5) is 19.5. The fourth-order valence-corrected chi connectivity index (χ4v) is 4.28. The molecule has 0 atom stereocenters. The minimum Gasteiger partial charge on any atom is -0.490 e. The summed E-state index contributed by atoms with van der Waals surface area (Å²) in [5.74, 6) is 1.92. The number of aromatic nitrogens is 3. The van der Waals surface area contributed by atoms with Crippen molar-refractivity contribution >= 4 is 5.91 Å². The van der Waals surface area contributed by atoms with Crippen molar-refractivity contribution in [3.8, 4) is 17.4 Å². The SMILES string of the molecule is Cc1cc(C)n(CCNC(=O)CN2CCCCCCOc3ccccc3Oc3ncccc3C2)n1. The maximum atomic E-state index is 12.8. The number of hydrogen-bond acceptors (Lipinski definition) is 6. The Morgan fingerprint density at radius 3 is 2.71 bits per heavy atom. The van der Waals surface area contributed by atoms with Crippen molar-refractivity contribution in [3.05, 3.63) is 65.6 Å². The van der Waals surface area contributed by atoms with Crippen LogP contribution in [0.3, 0.4) is 0 Å². The van der Waals surface area contributed by atoms with Crippen LogP contribution in [0, 0.1) is 13.8 Å². The zero-order chi connectivity index (χ0) is 24.5. The summed E-state index contributed by atoms with van der Waals surface area (Å²) in [6.45, 7) is 7.60. The van der Waals surface area contributed by atoms with Crippen LogP contribution in [0.15, 0.2) is 48.7 Å². The molecule has 4 rings (SSSR count). The van der Waals surface area contributed by atoms with Crippen molar-refractivity contribution in [2.45, 2.75) is 52.6 Å². The number of rotatable bonds is 5. The highest BCUT2D eigenvalue weighted by Gasteiger charge is 2.17. The number of pyridine rings is 1. The smallest absolute Gasteiger partial charge is 0.234 e. The normalized spacial score (nSPS) is 15.1. The minimum atomic E-state index is 0.0118. The lowest BCUT2D eigenvalue weighted by molar-refractivity contribution is -0.122. The first kappa shape index (κ1) is 24.7. The Bertz CT molecular complexity index is 1110. The largest absolute Gasteiger partial charge is 0.490 e. The third kappa shape index (κ3) is 7.29. The molecule has 1 N–H and O–H groups in total. The number of nitrogens with zero attached hydrogens (tertiary/aromatic N) is 4. The second kappa shape index (κ2) is 12.4. The number of aryl methyl sites for hydroxylation is 2. The summed E-state index contributed by atoms with van der Waals surface area (Å²) in [5.41, 5.74) is 3.03. The third-order valence-corrected chi connectivity index (χ3v) is 6.04. The molecule has 1 aromatic carbocycles. The third-order valence-electron chi connectivity index (χ3n) is 6.04. The van der Waals surface area contributed by atoms with Crippen LogP contribution < -0.4 is 14.8 Å². The van der Waals surface area contributed by atoms with Gasteiger partial charge in [0.2, 0.25) is 11.8 Å². The molecule has 186 valence electrons.